The average molecular weight is 221 g/mol. The Kier molecular flexibility index (Phi) is 2.46. The third kappa shape index (κ3) is 1.64. The molecule has 2 unspecified atom stereocenters. The zero-order valence-corrected chi connectivity index (χ0v) is 9.23. The lowest BCUT2D eigenvalue weighted by molar-refractivity contribution is -0.000311. The van der Waals surface area contributed by atoms with Crippen LogP contribution in [0.1, 0.15) is 18.6 Å². The van der Waals surface area contributed by atoms with Crippen molar-refractivity contribution in [2.45, 2.75) is 19.1 Å². The van der Waals surface area contributed by atoms with Crippen LogP contribution < -0.4 is 14.8 Å². The summed E-state index contributed by atoms with van der Waals surface area (Å²) >= 11 is 0. The monoisotopic (exact) mass is 221 g/mol. The quantitative estimate of drug-likeness (QED) is 0.779. The topological polar surface area (TPSA) is 39.7 Å². The fraction of sp³-hybridized carbons (Fsp3) is 0.500. The zero-order valence-electron chi connectivity index (χ0n) is 9.23. The summed E-state index contributed by atoms with van der Waals surface area (Å²) in [5, 5.41) is 3.40. The molecule has 1 fully saturated rings. The molecule has 2 atom stereocenters. The van der Waals surface area contributed by atoms with Crippen molar-refractivity contribution in [2.24, 2.45) is 0 Å². The molecule has 1 aromatic carbocycles. The Hall–Kier alpha value is -1.26. The van der Waals surface area contributed by atoms with E-state index < -0.39 is 0 Å². The van der Waals surface area contributed by atoms with Crippen molar-refractivity contribution < 1.29 is 14.2 Å². The van der Waals surface area contributed by atoms with Crippen LogP contribution in [0.4, 0.5) is 0 Å². The second-order valence-corrected chi connectivity index (χ2v) is 4.15. The van der Waals surface area contributed by atoms with Crippen molar-refractivity contribution in [3.63, 3.8) is 0 Å². The summed E-state index contributed by atoms with van der Waals surface area (Å²) < 4.78 is 16.4. The molecule has 0 radical (unpaired) electrons. The van der Waals surface area contributed by atoms with E-state index in [1.54, 1.807) is 0 Å². The van der Waals surface area contributed by atoms with Crippen LogP contribution in [-0.2, 0) is 4.74 Å². The first-order valence-corrected chi connectivity index (χ1v) is 5.59. The maximum absolute atomic E-state index is 5.78. The predicted molar refractivity (Wildman–Crippen MR) is 58.7 cm³/mol. The van der Waals surface area contributed by atoms with Crippen molar-refractivity contribution in [1.82, 2.24) is 5.32 Å². The lowest BCUT2D eigenvalue weighted by Gasteiger charge is -2.30. The molecular weight excluding hydrogens is 206 g/mol. The van der Waals surface area contributed by atoms with Gasteiger partial charge in [-0.05, 0) is 24.6 Å². The summed E-state index contributed by atoms with van der Waals surface area (Å²) in [6, 6.07) is 6.33. The molecule has 4 heteroatoms. The van der Waals surface area contributed by atoms with Crippen LogP contribution in [0.25, 0.3) is 0 Å². The number of hydrogen-bond acceptors (Lipinski definition) is 4. The largest absolute Gasteiger partial charge is 0.454 e. The molecule has 0 spiro atoms. The molecular formula is C12H15NO3. The molecule has 1 aromatic rings. The van der Waals surface area contributed by atoms with E-state index >= 15 is 0 Å². The molecule has 2 aliphatic heterocycles. The molecule has 86 valence electrons. The highest BCUT2D eigenvalue weighted by Crippen LogP contribution is 2.36. The number of hydrogen-bond donors (Lipinski definition) is 1. The summed E-state index contributed by atoms with van der Waals surface area (Å²) in [6.45, 7) is 4.12. The van der Waals surface area contributed by atoms with Crippen LogP contribution in [-0.4, -0.2) is 26.0 Å². The van der Waals surface area contributed by atoms with Crippen molar-refractivity contribution in [3.8, 4) is 11.5 Å². The van der Waals surface area contributed by atoms with E-state index in [9.17, 15) is 0 Å². The standard InChI is InChI=1S/C12H15NO3/c1-8-12(14-5-4-13-8)9-2-3-10-11(6-9)16-7-15-10/h2-3,6,8,12-13H,4-5,7H2,1H3. The van der Waals surface area contributed by atoms with E-state index in [0.717, 1.165) is 30.2 Å². The van der Waals surface area contributed by atoms with Gasteiger partial charge in [0.25, 0.3) is 0 Å². The summed E-state index contributed by atoms with van der Waals surface area (Å²) in [5.41, 5.74) is 1.14. The highest BCUT2D eigenvalue weighted by Gasteiger charge is 2.25. The van der Waals surface area contributed by atoms with Gasteiger partial charge in [0.1, 0.15) is 0 Å². The molecule has 16 heavy (non-hydrogen) atoms. The lowest BCUT2D eigenvalue weighted by Crippen LogP contribution is -2.41. The van der Waals surface area contributed by atoms with Gasteiger partial charge in [-0.1, -0.05) is 6.07 Å². The van der Waals surface area contributed by atoms with Crippen LogP contribution in [0.5, 0.6) is 11.5 Å². The fourth-order valence-electron chi connectivity index (χ4n) is 2.20. The van der Waals surface area contributed by atoms with Gasteiger partial charge in [0.2, 0.25) is 6.79 Å². The highest BCUT2D eigenvalue weighted by molar-refractivity contribution is 5.45. The van der Waals surface area contributed by atoms with E-state index in [2.05, 4.69) is 12.2 Å². The van der Waals surface area contributed by atoms with Crippen molar-refractivity contribution in [1.29, 1.82) is 0 Å². The maximum Gasteiger partial charge on any atom is 0.231 e. The van der Waals surface area contributed by atoms with Gasteiger partial charge >= 0.3 is 0 Å². The molecule has 2 aliphatic rings. The minimum absolute atomic E-state index is 0.100. The van der Waals surface area contributed by atoms with Gasteiger partial charge in [0, 0.05) is 12.6 Å². The first-order chi connectivity index (χ1) is 7.84. The predicted octanol–water partition coefficient (Wildman–Crippen LogP) is 1.46. The van der Waals surface area contributed by atoms with Crippen LogP contribution in [0.2, 0.25) is 0 Å². The second-order valence-electron chi connectivity index (χ2n) is 4.15. The molecule has 0 bridgehead atoms. The normalized spacial score (nSPS) is 28.1. The first-order valence-electron chi connectivity index (χ1n) is 5.59. The van der Waals surface area contributed by atoms with E-state index in [0.29, 0.717) is 12.8 Å². The Morgan fingerprint density at radius 2 is 2.12 bits per heavy atom. The Bertz CT molecular complexity index is 394. The molecule has 0 aliphatic carbocycles. The van der Waals surface area contributed by atoms with E-state index in [1.165, 1.54) is 0 Å². The summed E-state index contributed by atoms with van der Waals surface area (Å²) in [4.78, 5) is 0. The van der Waals surface area contributed by atoms with Gasteiger partial charge in [0.05, 0.1) is 12.7 Å². The van der Waals surface area contributed by atoms with Gasteiger partial charge in [-0.3, -0.25) is 0 Å². The van der Waals surface area contributed by atoms with Crippen molar-refractivity contribution in [3.05, 3.63) is 23.8 Å². The molecule has 4 nitrogen and oxygen atoms in total. The van der Waals surface area contributed by atoms with Crippen molar-refractivity contribution in [2.75, 3.05) is 19.9 Å². The highest BCUT2D eigenvalue weighted by atomic mass is 16.7. The summed E-state index contributed by atoms with van der Waals surface area (Å²) in [6.07, 6.45) is 0.100. The smallest absolute Gasteiger partial charge is 0.231 e. The van der Waals surface area contributed by atoms with Gasteiger partial charge in [-0.2, -0.15) is 0 Å². The first kappa shape index (κ1) is 9.93. The molecule has 0 aromatic heterocycles. The number of benzene rings is 1. The Balaban J connectivity index is 1.88. The third-order valence-electron chi connectivity index (χ3n) is 3.05. The van der Waals surface area contributed by atoms with E-state index in [4.69, 9.17) is 14.2 Å². The third-order valence-corrected chi connectivity index (χ3v) is 3.05. The van der Waals surface area contributed by atoms with Crippen LogP contribution >= 0.6 is 0 Å². The van der Waals surface area contributed by atoms with Crippen LogP contribution in [0.3, 0.4) is 0 Å². The Labute approximate surface area is 94.5 Å². The number of nitrogens with one attached hydrogen (secondary N) is 1. The maximum atomic E-state index is 5.78. The lowest BCUT2D eigenvalue weighted by atomic mass is 10.0. The minimum atomic E-state index is 0.100. The number of rotatable bonds is 1. The molecule has 2 heterocycles. The Morgan fingerprint density at radius 1 is 1.25 bits per heavy atom. The van der Waals surface area contributed by atoms with Gasteiger partial charge in [0.15, 0.2) is 11.5 Å². The molecule has 0 saturated carbocycles. The van der Waals surface area contributed by atoms with Gasteiger partial charge in [-0.15, -0.1) is 0 Å². The minimum Gasteiger partial charge on any atom is -0.454 e. The van der Waals surface area contributed by atoms with Crippen LogP contribution in [0.15, 0.2) is 18.2 Å². The van der Waals surface area contributed by atoms with Crippen LogP contribution in [0, 0.1) is 0 Å². The molecule has 1 saturated heterocycles. The zero-order chi connectivity index (χ0) is 11.0. The van der Waals surface area contributed by atoms with Gasteiger partial charge in [-0.25, -0.2) is 0 Å². The number of morpholine rings is 1. The van der Waals surface area contributed by atoms with E-state index in [-0.39, 0.29) is 6.10 Å². The van der Waals surface area contributed by atoms with Gasteiger partial charge < -0.3 is 19.5 Å². The summed E-state index contributed by atoms with van der Waals surface area (Å²) in [5.74, 6) is 1.64. The molecule has 1 N–H and O–H groups in total. The molecule has 3 rings (SSSR count). The second kappa shape index (κ2) is 3.96. The van der Waals surface area contributed by atoms with Crippen molar-refractivity contribution >= 4 is 0 Å². The summed E-state index contributed by atoms with van der Waals surface area (Å²) in [7, 11) is 0. The number of ether oxygens (including phenoxy) is 3. The Morgan fingerprint density at radius 3 is 3.00 bits per heavy atom. The molecule has 0 amide bonds. The number of fused-ring (bicyclic) bond motifs is 1. The average Bonchev–Trinajstić information content (AvgIpc) is 2.76. The van der Waals surface area contributed by atoms with E-state index in [1.807, 2.05) is 18.2 Å². The fourth-order valence-corrected chi connectivity index (χ4v) is 2.20. The SMILES string of the molecule is CC1NCCOC1c1ccc2c(c1)OCO2.